The van der Waals surface area contributed by atoms with E-state index >= 15 is 0 Å². The molecule has 1 aromatic heterocycles. The Morgan fingerprint density at radius 3 is 2.50 bits per heavy atom. The third kappa shape index (κ3) is 4.62. The van der Waals surface area contributed by atoms with Gasteiger partial charge in [0.15, 0.2) is 11.5 Å². The van der Waals surface area contributed by atoms with Crippen LogP contribution in [0.3, 0.4) is 0 Å². The van der Waals surface area contributed by atoms with Gasteiger partial charge in [-0.25, -0.2) is 4.79 Å². The van der Waals surface area contributed by atoms with Crippen molar-refractivity contribution in [3.63, 3.8) is 0 Å². The van der Waals surface area contributed by atoms with E-state index in [2.05, 4.69) is 10.6 Å². The molecule has 3 aromatic rings. The lowest BCUT2D eigenvalue weighted by Crippen LogP contribution is -2.38. The number of nitrogens with one attached hydrogen (secondary N) is 2. The van der Waals surface area contributed by atoms with Crippen molar-refractivity contribution >= 4 is 17.0 Å². The summed E-state index contributed by atoms with van der Waals surface area (Å²) in [6.07, 6.45) is 0.672. The summed E-state index contributed by atoms with van der Waals surface area (Å²) in [6, 6.07) is 10.9. The van der Waals surface area contributed by atoms with Gasteiger partial charge in [0, 0.05) is 17.5 Å². The van der Waals surface area contributed by atoms with Crippen LogP contribution in [0.15, 0.2) is 40.8 Å². The number of amides is 2. The SMILES string of the molecule is COc1ccc2oc(C(C)NC(=O)NCCc3ccc(OC)c(OC)c3)c(C)c2c1. The van der Waals surface area contributed by atoms with E-state index in [1.165, 1.54) is 0 Å². The van der Waals surface area contributed by atoms with E-state index in [0.717, 1.165) is 33.6 Å². The van der Waals surface area contributed by atoms with Crippen molar-refractivity contribution in [2.45, 2.75) is 26.3 Å². The highest BCUT2D eigenvalue weighted by molar-refractivity contribution is 5.84. The van der Waals surface area contributed by atoms with Crippen LogP contribution in [0, 0.1) is 6.92 Å². The molecule has 7 nitrogen and oxygen atoms in total. The van der Waals surface area contributed by atoms with E-state index in [1.807, 2.05) is 50.2 Å². The number of methoxy groups -OCH3 is 3. The maximum absolute atomic E-state index is 12.3. The molecule has 7 heteroatoms. The number of hydrogen-bond acceptors (Lipinski definition) is 5. The van der Waals surface area contributed by atoms with Crippen molar-refractivity contribution in [3.8, 4) is 17.2 Å². The summed E-state index contributed by atoms with van der Waals surface area (Å²) >= 11 is 0. The van der Waals surface area contributed by atoms with Crippen molar-refractivity contribution in [2.24, 2.45) is 0 Å². The van der Waals surface area contributed by atoms with Gasteiger partial charge in [0.25, 0.3) is 0 Å². The van der Waals surface area contributed by atoms with Gasteiger partial charge in [-0.2, -0.15) is 0 Å². The smallest absolute Gasteiger partial charge is 0.315 e. The highest BCUT2D eigenvalue weighted by Gasteiger charge is 2.18. The van der Waals surface area contributed by atoms with E-state index < -0.39 is 0 Å². The Morgan fingerprint density at radius 1 is 1.03 bits per heavy atom. The molecule has 3 rings (SSSR count). The van der Waals surface area contributed by atoms with Crippen molar-refractivity contribution in [2.75, 3.05) is 27.9 Å². The molecule has 1 atom stereocenters. The zero-order valence-electron chi connectivity index (χ0n) is 18.0. The Labute approximate surface area is 176 Å². The quantitative estimate of drug-likeness (QED) is 0.574. The molecule has 0 bridgehead atoms. The minimum Gasteiger partial charge on any atom is -0.497 e. The van der Waals surface area contributed by atoms with Gasteiger partial charge in [0.1, 0.15) is 17.1 Å². The van der Waals surface area contributed by atoms with E-state index in [-0.39, 0.29) is 12.1 Å². The molecule has 160 valence electrons. The monoisotopic (exact) mass is 412 g/mol. The van der Waals surface area contributed by atoms with Crippen molar-refractivity contribution in [1.29, 1.82) is 0 Å². The first kappa shape index (κ1) is 21.4. The van der Waals surface area contributed by atoms with Crippen LogP contribution in [0.5, 0.6) is 17.2 Å². The average Bonchev–Trinajstić information content (AvgIpc) is 3.09. The zero-order chi connectivity index (χ0) is 21.7. The van der Waals surface area contributed by atoms with Crippen LogP contribution >= 0.6 is 0 Å². The number of furan rings is 1. The van der Waals surface area contributed by atoms with Gasteiger partial charge in [-0.3, -0.25) is 0 Å². The number of carbonyl (C=O) groups excluding carboxylic acids is 1. The maximum atomic E-state index is 12.3. The molecule has 1 unspecified atom stereocenters. The highest BCUT2D eigenvalue weighted by Crippen LogP contribution is 2.32. The van der Waals surface area contributed by atoms with Gasteiger partial charge in [-0.1, -0.05) is 6.07 Å². The van der Waals surface area contributed by atoms with Crippen molar-refractivity contribution in [1.82, 2.24) is 10.6 Å². The lowest BCUT2D eigenvalue weighted by Gasteiger charge is -2.14. The maximum Gasteiger partial charge on any atom is 0.315 e. The first-order valence-corrected chi connectivity index (χ1v) is 9.79. The molecule has 30 heavy (non-hydrogen) atoms. The minimum atomic E-state index is -0.274. The summed E-state index contributed by atoms with van der Waals surface area (Å²) in [5.74, 6) is 2.85. The number of hydrogen-bond donors (Lipinski definition) is 2. The second-order valence-electron chi connectivity index (χ2n) is 7.01. The Balaban J connectivity index is 1.57. The molecule has 0 radical (unpaired) electrons. The van der Waals surface area contributed by atoms with E-state index in [9.17, 15) is 4.79 Å². The number of urea groups is 1. The molecular formula is C23H28N2O5. The van der Waals surface area contributed by atoms with Crippen molar-refractivity contribution in [3.05, 3.63) is 53.3 Å². The second-order valence-corrected chi connectivity index (χ2v) is 7.01. The van der Waals surface area contributed by atoms with Crippen LogP contribution in [0.2, 0.25) is 0 Å². The van der Waals surface area contributed by atoms with Gasteiger partial charge < -0.3 is 29.3 Å². The molecule has 2 aromatic carbocycles. The van der Waals surface area contributed by atoms with Crippen LogP contribution in [-0.4, -0.2) is 33.9 Å². The Bertz CT molecular complexity index is 1030. The summed E-state index contributed by atoms with van der Waals surface area (Å²) in [4.78, 5) is 12.3. The van der Waals surface area contributed by atoms with Gasteiger partial charge in [0.05, 0.1) is 27.4 Å². The Hall–Kier alpha value is -3.35. The molecule has 0 aliphatic carbocycles. The number of ether oxygens (including phenoxy) is 3. The van der Waals surface area contributed by atoms with Crippen LogP contribution in [0.25, 0.3) is 11.0 Å². The molecule has 0 aliphatic heterocycles. The molecule has 0 saturated carbocycles. The molecule has 2 amide bonds. The van der Waals surface area contributed by atoms with Crippen LogP contribution in [-0.2, 0) is 6.42 Å². The predicted molar refractivity (Wildman–Crippen MR) is 116 cm³/mol. The van der Waals surface area contributed by atoms with Gasteiger partial charge >= 0.3 is 6.03 Å². The fourth-order valence-electron chi connectivity index (χ4n) is 3.43. The summed E-state index contributed by atoms with van der Waals surface area (Å²) in [6.45, 7) is 4.37. The average molecular weight is 412 g/mol. The third-order valence-corrected chi connectivity index (χ3v) is 5.07. The van der Waals surface area contributed by atoms with Crippen LogP contribution < -0.4 is 24.8 Å². The zero-order valence-corrected chi connectivity index (χ0v) is 18.0. The number of rotatable bonds is 8. The first-order valence-electron chi connectivity index (χ1n) is 9.79. The van der Waals surface area contributed by atoms with Crippen LogP contribution in [0.4, 0.5) is 4.79 Å². The number of benzene rings is 2. The lowest BCUT2D eigenvalue weighted by molar-refractivity contribution is 0.236. The molecule has 0 saturated heterocycles. The summed E-state index contributed by atoms with van der Waals surface area (Å²) in [7, 11) is 4.84. The highest BCUT2D eigenvalue weighted by atomic mass is 16.5. The first-order chi connectivity index (χ1) is 14.5. The molecule has 1 heterocycles. The lowest BCUT2D eigenvalue weighted by atomic mass is 10.1. The summed E-state index contributed by atoms with van der Waals surface area (Å²) < 4.78 is 21.8. The number of aryl methyl sites for hydroxylation is 1. The fourth-order valence-corrected chi connectivity index (χ4v) is 3.43. The largest absolute Gasteiger partial charge is 0.497 e. The van der Waals surface area contributed by atoms with E-state index in [1.54, 1.807) is 21.3 Å². The Morgan fingerprint density at radius 2 is 1.80 bits per heavy atom. The summed E-state index contributed by atoms with van der Waals surface area (Å²) in [5.41, 5.74) is 2.80. The predicted octanol–water partition coefficient (Wildman–Crippen LogP) is 4.37. The Kier molecular flexibility index (Phi) is 6.72. The topological polar surface area (TPSA) is 82.0 Å². The van der Waals surface area contributed by atoms with Gasteiger partial charge in [-0.15, -0.1) is 0 Å². The fraction of sp³-hybridized carbons (Fsp3) is 0.348. The standard InChI is InChI=1S/C23H28N2O5/c1-14-18-13-17(27-3)7-9-19(18)30-22(14)15(2)25-23(26)24-11-10-16-6-8-20(28-4)21(12-16)29-5/h6-9,12-13,15H,10-11H2,1-5H3,(H2,24,25,26). The summed E-state index contributed by atoms with van der Waals surface area (Å²) in [5, 5.41) is 6.80. The van der Waals surface area contributed by atoms with E-state index in [0.29, 0.717) is 24.5 Å². The van der Waals surface area contributed by atoms with Gasteiger partial charge in [0.2, 0.25) is 0 Å². The van der Waals surface area contributed by atoms with Gasteiger partial charge in [-0.05, 0) is 56.2 Å². The minimum absolute atomic E-state index is 0.250. The normalized spacial score (nSPS) is 11.8. The molecule has 0 fully saturated rings. The number of fused-ring (bicyclic) bond motifs is 1. The van der Waals surface area contributed by atoms with Crippen molar-refractivity contribution < 1.29 is 23.4 Å². The molecule has 0 spiro atoms. The van der Waals surface area contributed by atoms with Crippen LogP contribution in [0.1, 0.15) is 29.9 Å². The number of carbonyl (C=O) groups is 1. The molecular weight excluding hydrogens is 384 g/mol. The second kappa shape index (κ2) is 9.43. The third-order valence-electron chi connectivity index (χ3n) is 5.07. The molecule has 2 N–H and O–H groups in total. The molecule has 0 aliphatic rings. The van der Waals surface area contributed by atoms with E-state index in [4.69, 9.17) is 18.6 Å².